The third kappa shape index (κ3) is 7.60. The Balaban J connectivity index is 0.752. The summed E-state index contributed by atoms with van der Waals surface area (Å²) >= 11 is 0. The standard InChI is InChI=1S/C72H48N2/c1-3-15-49(16-4-1)50-29-31-51(32-30-50)52-33-35-53(36-34-52)56-17-13-19-58(45-56)59-20-14-18-57(46-59)54-37-39-55(40-38-54)63-23-7-10-26-68(63)74-70-28-12-9-25-65(70)67-48-61(42-44-72(67)74)60-41-43-71-66(47-60)64-24-8-11-27-69(64)73(71)62-21-5-2-6-22-62/h1-48H. The van der Waals surface area contributed by atoms with Crippen molar-refractivity contribution in [3.05, 3.63) is 291 Å². The highest BCUT2D eigenvalue weighted by atomic mass is 15.0. The van der Waals surface area contributed by atoms with Gasteiger partial charge in [0.1, 0.15) is 0 Å². The highest BCUT2D eigenvalue weighted by Crippen LogP contribution is 2.41. The summed E-state index contributed by atoms with van der Waals surface area (Å²) in [5.41, 5.74) is 23.9. The molecule has 14 rings (SSSR count). The Hall–Kier alpha value is -9.76. The summed E-state index contributed by atoms with van der Waals surface area (Å²) in [5.74, 6) is 0. The number of hydrogen-bond acceptors (Lipinski definition) is 0. The van der Waals surface area contributed by atoms with Gasteiger partial charge in [0.05, 0.1) is 27.8 Å². The molecule has 0 unspecified atom stereocenters. The maximum atomic E-state index is 2.45. The lowest BCUT2D eigenvalue weighted by Gasteiger charge is -2.15. The topological polar surface area (TPSA) is 9.86 Å². The number of benzene rings is 12. The fourth-order valence-corrected chi connectivity index (χ4v) is 11.3. The third-order valence-corrected chi connectivity index (χ3v) is 15.0. The first-order chi connectivity index (χ1) is 36.7. The number of nitrogens with zero attached hydrogens (tertiary/aromatic N) is 2. The Morgan fingerprint density at radius 3 is 1.03 bits per heavy atom. The van der Waals surface area contributed by atoms with Gasteiger partial charge in [0, 0.05) is 32.8 Å². The van der Waals surface area contributed by atoms with E-state index in [4.69, 9.17) is 0 Å². The molecule has 0 bridgehead atoms. The van der Waals surface area contributed by atoms with Crippen molar-refractivity contribution in [1.29, 1.82) is 0 Å². The van der Waals surface area contributed by atoms with Crippen molar-refractivity contribution in [3.8, 4) is 89.3 Å². The predicted octanol–water partition coefficient (Wildman–Crippen LogP) is 19.5. The maximum Gasteiger partial charge on any atom is 0.0541 e. The first-order valence-corrected chi connectivity index (χ1v) is 25.5. The van der Waals surface area contributed by atoms with Crippen molar-refractivity contribution in [3.63, 3.8) is 0 Å². The van der Waals surface area contributed by atoms with E-state index < -0.39 is 0 Å². The molecule has 0 aliphatic heterocycles. The molecule has 0 radical (unpaired) electrons. The number of fused-ring (bicyclic) bond motifs is 6. The van der Waals surface area contributed by atoms with Gasteiger partial charge in [-0.3, -0.25) is 0 Å². The Morgan fingerprint density at radius 2 is 0.500 bits per heavy atom. The molecule has 0 atom stereocenters. The second-order valence-corrected chi connectivity index (χ2v) is 19.3. The van der Waals surface area contributed by atoms with Crippen molar-refractivity contribution in [2.24, 2.45) is 0 Å². The van der Waals surface area contributed by atoms with Crippen molar-refractivity contribution in [1.82, 2.24) is 9.13 Å². The van der Waals surface area contributed by atoms with Gasteiger partial charge in [0.2, 0.25) is 0 Å². The maximum absolute atomic E-state index is 2.45. The monoisotopic (exact) mass is 940 g/mol. The molecule has 12 aromatic carbocycles. The van der Waals surface area contributed by atoms with E-state index in [2.05, 4.69) is 300 Å². The smallest absolute Gasteiger partial charge is 0.0541 e. The van der Waals surface area contributed by atoms with Crippen molar-refractivity contribution < 1.29 is 0 Å². The summed E-state index contributed by atoms with van der Waals surface area (Å²) in [5, 5.41) is 4.98. The van der Waals surface area contributed by atoms with Gasteiger partial charge in [-0.05, 0) is 139 Å². The molecule has 0 saturated carbocycles. The molecule has 14 aromatic rings. The summed E-state index contributed by atoms with van der Waals surface area (Å²) in [7, 11) is 0. The van der Waals surface area contributed by atoms with Gasteiger partial charge < -0.3 is 9.13 Å². The van der Waals surface area contributed by atoms with Crippen molar-refractivity contribution in [2.75, 3.05) is 0 Å². The number of rotatable bonds is 9. The Bertz CT molecular complexity index is 4370. The lowest BCUT2D eigenvalue weighted by Crippen LogP contribution is -1.97. The zero-order valence-electron chi connectivity index (χ0n) is 40.6. The van der Waals surface area contributed by atoms with Gasteiger partial charge in [0.25, 0.3) is 0 Å². The van der Waals surface area contributed by atoms with Crippen LogP contribution < -0.4 is 0 Å². The predicted molar refractivity (Wildman–Crippen MR) is 313 cm³/mol. The van der Waals surface area contributed by atoms with Crippen LogP contribution in [0.25, 0.3) is 133 Å². The van der Waals surface area contributed by atoms with Crippen LogP contribution in [0, 0.1) is 0 Å². The van der Waals surface area contributed by atoms with E-state index in [-0.39, 0.29) is 0 Å². The minimum absolute atomic E-state index is 1.16. The van der Waals surface area contributed by atoms with E-state index in [0.29, 0.717) is 0 Å². The van der Waals surface area contributed by atoms with Gasteiger partial charge in [-0.1, -0.05) is 224 Å². The molecule has 0 aliphatic rings. The van der Waals surface area contributed by atoms with Crippen LogP contribution in [0.4, 0.5) is 0 Å². The van der Waals surface area contributed by atoms with Crippen LogP contribution in [0.1, 0.15) is 0 Å². The first kappa shape index (κ1) is 43.1. The normalized spacial score (nSPS) is 11.5. The molecular weight excluding hydrogens is 893 g/mol. The van der Waals surface area contributed by atoms with Crippen LogP contribution in [0.15, 0.2) is 291 Å². The zero-order chi connectivity index (χ0) is 49.0. The molecule has 0 saturated heterocycles. The fourth-order valence-electron chi connectivity index (χ4n) is 11.3. The summed E-state index contributed by atoms with van der Waals surface area (Å²) in [6.45, 7) is 0. The second kappa shape index (κ2) is 18.1. The molecule has 0 amide bonds. The number of hydrogen-bond donors (Lipinski definition) is 0. The van der Waals surface area contributed by atoms with Crippen molar-refractivity contribution >= 4 is 43.6 Å². The summed E-state index contributed by atoms with van der Waals surface area (Å²) in [6.07, 6.45) is 0. The van der Waals surface area contributed by atoms with Crippen LogP contribution in [0.5, 0.6) is 0 Å². The SMILES string of the molecule is c1ccc(-c2ccc(-c3ccc(-c4cccc(-c5cccc(-c6ccc(-c7ccccc7-n7c8ccccc8c8cc(-c9ccc%10c(c9)c9ccccc9n%10-c9ccccc9)ccc87)cc6)c5)c4)cc3)cc2)cc1. The van der Waals surface area contributed by atoms with Gasteiger partial charge in [-0.25, -0.2) is 0 Å². The van der Waals surface area contributed by atoms with Crippen LogP contribution in [0.2, 0.25) is 0 Å². The molecule has 74 heavy (non-hydrogen) atoms. The summed E-state index contributed by atoms with van der Waals surface area (Å²) < 4.78 is 4.83. The van der Waals surface area contributed by atoms with Crippen LogP contribution in [0.3, 0.4) is 0 Å². The van der Waals surface area contributed by atoms with Gasteiger partial charge in [-0.15, -0.1) is 0 Å². The van der Waals surface area contributed by atoms with Crippen molar-refractivity contribution in [2.45, 2.75) is 0 Å². The van der Waals surface area contributed by atoms with Gasteiger partial charge in [-0.2, -0.15) is 0 Å². The van der Waals surface area contributed by atoms with E-state index in [1.54, 1.807) is 0 Å². The summed E-state index contributed by atoms with van der Waals surface area (Å²) in [6, 6.07) is 106. The van der Waals surface area contributed by atoms with Crippen LogP contribution >= 0.6 is 0 Å². The van der Waals surface area contributed by atoms with Crippen LogP contribution in [-0.4, -0.2) is 9.13 Å². The number of para-hydroxylation sites is 4. The van der Waals surface area contributed by atoms with E-state index in [9.17, 15) is 0 Å². The molecule has 2 nitrogen and oxygen atoms in total. The summed E-state index contributed by atoms with van der Waals surface area (Å²) in [4.78, 5) is 0. The van der Waals surface area contributed by atoms with E-state index >= 15 is 0 Å². The lowest BCUT2D eigenvalue weighted by atomic mass is 9.94. The van der Waals surface area contributed by atoms with E-state index in [1.165, 1.54) is 127 Å². The van der Waals surface area contributed by atoms with Gasteiger partial charge >= 0.3 is 0 Å². The minimum atomic E-state index is 1.16. The highest BCUT2D eigenvalue weighted by Gasteiger charge is 2.18. The highest BCUT2D eigenvalue weighted by molar-refractivity contribution is 6.13. The van der Waals surface area contributed by atoms with E-state index in [0.717, 1.165) is 5.69 Å². The molecule has 0 aliphatic carbocycles. The molecule has 2 aromatic heterocycles. The minimum Gasteiger partial charge on any atom is -0.309 e. The molecule has 0 N–H and O–H groups in total. The Kier molecular flexibility index (Phi) is 10.6. The Morgan fingerprint density at radius 1 is 0.176 bits per heavy atom. The molecule has 2 heteroatoms. The zero-order valence-corrected chi connectivity index (χ0v) is 40.6. The van der Waals surface area contributed by atoms with Gasteiger partial charge in [0.15, 0.2) is 0 Å². The largest absolute Gasteiger partial charge is 0.309 e. The average molecular weight is 941 g/mol. The lowest BCUT2D eigenvalue weighted by molar-refractivity contribution is 1.18. The number of aromatic nitrogens is 2. The second-order valence-electron chi connectivity index (χ2n) is 19.3. The third-order valence-electron chi connectivity index (χ3n) is 15.0. The Labute approximate surface area is 431 Å². The van der Waals surface area contributed by atoms with Crippen LogP contribution in [-0.2, 0) is 0 Å². The molecule has 2 heterocycles. The molecule has 346 valence electrons. The van der Waals surface area contributed by atoms with E-state index in [1.807, 2.05) is 0 Å². The molecular formula is C72H48N2. The molecule has 0 spiro atoms. The first-order valence-electron chi connectivity index (χ1n) is 25.5. The fraction of sp³-hybridized carbons (Fsp3) is 0. The molecule has 0 fully saturated rings. The average Bonchev–Trinajstić information content (AvgIpc) is 4.01. The quantitative estimate of drug-likeness (QED) is 0.136.